The van der Waals surface area contributed by atoms with E-state index in [4.69, 9.17) is 9.90 Å². The minimum Gasteiger partial charge on any atom is -0.483 e. The molecule has 140 valence electrons. The summed E-state index contributed by atoms with van der Waals surface area (Å²) in [6, 6.07) is 2.03. The van der Waals surface area contributed by atoms with Crippen LogP contribution in [0, 0.1) is 27.7 Å². The van der Waals surface area contributed by atoms with Gasteiger partial charge in [0.25, 0.3) is 6.47 Å². The van der Waals surface area contributed by atoms with Gasteiger partial charge in [-0.3, -0.25) is 4.79 Å². The number of aryl methyl sites for hydroxylation is 4. The van der Waals surface area contributed by atoms with E-state index in [2.05, 4.69) is 31.5 Å². The second-order valence-electron chi connectivity index (χ2n) is 6.06. The zero-order chi connectivity index (χ0) is 19.6. The van der Waals surface area contributed by atoms with E-state index in [-0.39, 0.29) is 6.47 Å². The Balaban J connectivity index is 0.000000659. The first-order valence-corrected chi connectivity index (χ1v) is 9.10. The highest BCUT2D eigenvalue weighted by atomic mass is 32.1. The number of hydrogen-bond donors (Lipinski definition) is 1. The normalized spacial score (nSPS) is 10.7. The van der Waals surface area contributed by atoms with E-state index in [0.29, 0.717) is 0 Å². The minimum atomic E-state index is -0.250. The maximum Gasteiger partial charge on any atom is 0.290 e. The van der Waals surface area contributed by atoms with Crippen LogP contribution in [0.3, 0.4) is 0 Å². The van der Waals surface area contributed by atoms with Crippen molar-refractivity contribution in [2.75, 3.05) is 0 Å². The molecule has 0 radical (unpaired) electrons. The van der Waals surface area contributed by atoms with Crippen molar-refractivity contribution < 1.29 is 9.90 Å². The van der Waals surface area contributed by atoms with E-state index in [1.807, 2.05) is 49.9 Å². The number of aromatic nitrogens is 6. The summed E-state index contributed by atoms with van der Waals surface area (Å²) in [5.41, 5.74) is 4.93. The van der Waals surface area contributed by atoms with Crippen molar-refractivity contribution in [1.82, 2.24) is 29.1 Å². The lowest BCUT2D eigenvalue weighted by atomic mass is 10.3. The molecule has 0 fully saturated rings. The lowest BCUT2D eigenvalue weighted by molar-refractivity contribution is -0.122. The van der Waals surface area contributed by atoms with Crippen LogP contribution in [-0.4, -0.2) is 40.7 Å². The van der Waals surface area contributed by atoms with Gasteiger partial charge in [0.2, 0.25) is 0 Å². The fraction of sp³-hybridized carbons (Fsp3) is 0.278. The first-order chi connectivity index (χ1) is 12.9. The molecule has 0 saturated heterocycles. The van der Waals surface area contributed by atoms with Gasteiger partial charge in [-0.05, 0) is 33.8 Å². The number of thiazole rings is 1. The largest absolute Gasteiger partial charge is 0.483 e. The Hall–Kier alpha value is -3.07. The van der Waals surface area contributed by atoms with Gasteiger partial charge in [0.05, 0.1) is 29.0 Å². The molecular formula is C18H20N6O2S. The molecule has 0 saturated carbocycles. The summed E-state index contributed by atoms with van der Waals surface area (Å²) >= 11 is 1.73. The third kappa shape index (κ3) is 3.72. The molecule has 4 rings (SSSR count). The smallest absolute Gasteiger partial charge is 0.290 e. The van der Waals surface area contributed by atoms with Gasteiger partial charge >= 0.3 is 0 Å². The quantitative estimate of drug-likeness (QED) is 0.545. The molecule has 0 aliphatic heterocycles. The van der Waals surface area contributed by atoms with Crippen molar-refractivity contribution in [2.24, 2.45) is 0 Å². The van der Waals surface area contributed by atoms with Gasteiger partial charge in [-0.25, -0.2) is 19.5 Å². The standard InChI is InChI=1S/C17H18N6S.CH2O2/c1-10-7-11(2)23-17(20-10)14(8-19-23)16-18-5-6-22(16)9-15-12(3)21-13(4)24-15;2-1-3/h5-8H,9H2,1-4H3;1H,(H,2,3). The van der Waals surface area contributed by atoms with Gasteiger partial charge in [0.1, 0.15) is 5.82 Å². The molecule has 0 spiro atoms. The highest BCUT2D eigenvalue weighted by molar-refractivity contribution is 7.11. The van der Waals surface area contributed by atoms with Crippen LogP contribution in [0.4, 0.5) is 0 Å². The van der Waals surface area contributed by atoms with Gasteiger partial charge in [-0.1, -0.05) is 0 Å². The second kappa shape index (κ2) is 7.67. The zero-order valence-corrected chi connectivity index (χ0v) is 16.4. The number of nitrogens with zero attached hydrogens (tertiary/aromatic N) is 6. The second-order valence-corrected chi connectivity index (χ2v) is 7.35. The van der Waals surface area contributed by atoms with Crippen LogP contribution in [0.25, 0.3) is 17.0 Å². The Morgan fingerprint density at radius 2 is 1.96 bits per heavy atom. The van der Waals surface area contributed by atoms with E-state index >= 15 is 0 Å². The summed E-state index contributed by atoms with van der Waals surface area (Å²) in [6.07, 6.45) is 5.67. The fourth-order valence-corrected chi connectivity index (χ4v) is 3.92. The van der Waals surface area contributed by atoms with E-state index < -0.39 is 0 Å². The number of imidazole rings is 1. The highest BCUT2D eigenvalue weighted by Crippen LogP contribution is 2.25. The van der Waals surface area contributed by atoms with Gasteiger partial charge in [-0.2, -0.15) is 5.10 Å². The molecular weight excluding hydrogens is 364 g/mol. The van der Waals surface area contributed by atoms with Crippen LogP contribution in [0.5, 0.6) is 0 Å². The average molecular weight is 384 g/mol. The molecule has 27 heavy (non-hydrogen) atoms. The fourth-order valence-electron chi connectivity index (χ4n) is 2.98. The summed E-state index contributed by atoms with van der Waals surface area (Å²) in [5.74, 6) is 0.882. The molecule has 4 heterocycles. The predicted octanol–water partition coefficient (Wildman–Crippen LogP) is 3.03. The van der Waals surface area contributed by atoms with Crippen molar-refractivity contribution in [2.45, 2.75) is 34.2 Å². The maximum absolute atomic E-state index is 8.36. The SMILES string of the molecule is Cc1cc(C)n2ncc(-c3nccn3Cc3sc(C)nc3C)c2n1.O=CO. The van der Waals surface area contributed by atoms with Gasteiger partial charge in [0, 0.05) is 28.7 Å². The Labute approximate surface area is 160 Å². The predicted molar refractivity (Wildman–Crippen MR) is 103 cm³/mol. The monoisotopic (exact) mass is 384 g/mol. The number of carboxylic acid groups (broad SMARTS) is 1. The third-order valence-corrected chi connectivity index (χ3v) is 5.11. The van der Waals surface area contributed by atoms with Crippen molar-refractivity contribution in [3.05, 3.63) is 51.6 Å². The van der Waals surface area contributed by atoms with Gasteiger partial charge in [-0.15, -0.1) is 11.3 Å². The van der Waals surface area contributed by atoms with Gasteiger partial charge < -0.3 is 9.67 Å². The summed E-state index contributed by atoms with van der Waals surface area (Å²) in [7, 11) is 0. The molecule has 0 atom stereocenters. The number of hydrogen-bond acceptors (Lipinski definition) is 6. The molecule has 4 aromatic heterocycles. The van der Waals surface area contributed by atoms with Crippen molar-refractivity contribution in [3.63, 3.8) is 0 Å². The van der Waals surface area contributed by atoms with Crippen LogP contribution in [0.2, 0.25) is 0 Å². The highest BCUT2D eigenvalue weighted by Gasteiger charge is 2.16. The molecule has 0 aliphatic rings. The van der Waals surface area contributed by atoms with E-state index in [1.54, 1.807) is 11.3 Å². The summed E-state index contributed by atoms with van der Waals surface area (Å²) in [4.78, 5) is 23.3. The van der Waals surface area contributed by atoms with Gasteiger partial charge in [0.15, 0.2) is 5.65 Å². The van der Waals surface area contributed by atoms with Crippen LogP contribution >= 0.6 is 11.3 Å². The van der Waals surface area contributed by atoms with Crippen LogP contribution in [-0.2, 0) is 11.3 Å². The molecule has 0 aromatic carbocycles. The first kappa shape index (κ1) is 18.7. The number of carbonyl (C=O) groups is 1. The Morgan fingerprint density at radius 3 is 2.63 bits per heavy atom. The summed E-state index contributed by atoms with van der Waals surface area (Å²) in [6.45, 7) is 8.64. The van der Waals surface area contributed by atoms with Crippen molar-refractivity contribution in [1.29, 1.82) is 0 Å². The number of rotatable bonds is 3. The molecule has 8 nitrogen and oxygen atoms in total. The van der Waals surface area contributed by atoms with Crippen molar-refractivity contribution in [3.8, 4) is 11.4 Å². The van der Waals surface area contributed by atoms with Crippen LogP contribution < -0.4 is 0 Å². The zero-order valence-electron chi connectivity index (χ0n) is 15.5. The first-order valence-electron chi connectivity index (χ1n) is 8.28. The molecule has 0 unspecified atom stereocenters. The summed E-state index contributed by atoms with van der Waals surface area (Å²) < 4.78 is 4.00. The molecule has 4 aromatic rings. The van der Waals surface area contributed by atoms with E-state index in [0.717, 1.165) is 45.7 Å². The maximum atomic E-state index is 8.36. The molecule has 0 bridgehead atoms. The minimum absolute atomic E-state index is 0.250. The van der Waals surface area contributed by atoms with E-state index in [9.17, 15) is 0 Å². The topological polar surface area (TPSA) is 98.2 Å². The average Bonchev–Trinajstić information content (AvgIpc) is 3.28. The Kier molecular flexibility index (Phi) is 5.31. The third-order valence-electron chi connectivity index (χ3n) is 4.05. The molecule has 0 aliphatic carbocycles. The Morgan fingerprint density at radius 1 is 1.22 bits per heavy atom. The summed E-state index contributed by atoms with van der Waals surface area (Å²) in [5, 5.41) is 12.5. The Bertz CT molecular complexity index is 1090. The number of fused-ring (bicyclic) bond motifs is 1. The molecule has 1 N–H and O–H groups in total. The lowest BCUT2D eigenvalue weighted by Gasteiger charge is -2.06. The van der Waals surface area contributed by atoms with Crippen LogP contribution in [0.15, 0.2) is 24.7 Å². The molecule has 9 heteroatoms. The van der Waals surface area contributed by atoms with Crippen molar-refractivity contribution >= 4 is 23.5 Å². The lowest BCUT2D eigenvalue weighted by Crippen LogP contribution is -2.02. The van der Waals surface area contributed by atoms with Crippen LogP contribution in [0.1, 0.15) is 27.0 Å². The van der Waals surface area contributed by atoms with E-state index in [1.165, 1.54) is 4.88 Å². The molecule has 0 amide bonds.